The molecule has 0 unspecified atom stereocenters. The second-order valence-corrected chi connectivity index (χ2v) is 0. The van der Waals surface area contributed by atoms with Crippen molar-refractivity contribution in [3.8, 4) is 0 Å². The van der Waals surface area contributed by atoms with E-state index in [9.17, 15) is 0 Å². The molecule has 0 aliphatic heterocycles. The number of hydrogen-bond donors (Lipinski definition) is 0. The Bertz CT molecular complexity index is 14.3. The first-order valence-corrected chi connectivity index (χ1v) is 0. The van der Waals surface area contributed by atoms with Crippen molar-refractivity contribution in [2.75, 3.05) is 0 Å². The van der Waals surface area contributed by atoms with Crippen molar-refractivity contribution in [1.82, 2.24) is 0 Å². The van der Waals surface area contributed by atoms with E-state index in [1.54, 1.807) is 0 Å². The van der Waals surface area contributed by atoms with E-state index in [0.717, 1.165) is 0 Å². The minimum atomic E-state index is 0. The smallest absolute Gasteiger partial charge is 1.00 e. The first-order chi connectivity index (χ1) is 0. The molecule has 0 nitrogen and oxygen atoms in total. The molecule has 16 valence electrons. The Morgan fingerprint density at radius 3 is 0.750 bits per heavy atom. The van der Waals surface area contributed by atoms with Gasteiger partial charge in [0.25, 0.3) is 0 Å². The largest absolute Gasteiger partial charge is 2.00 e. The minimum absolute atomic E-state index is 0. The molecule has 0 atom stereocenters. The predicted molar refractivity (Wildman–Crippen MR) is 31.9 cm³/mol. The third-order valence-corrected chi connectivity index (χ3v) is 0. The van der Waals surface area contributed by atoms with Crippen LogP contribution in [0.2, 0.25) is 0 Å². The normalized spacial score (nSPS) is 0. The van der Waals surface area contributed by atoms with Gasteiger partial charge in [-0.05, 0) is 0 Å². The van der Waals surface area contributed by atoms with E-state index in [0.29, 0.717) is 0 Å². The van der Waals surface area contributed by atoms with Crippen LogP contribution >= 0.6 is 0 Å². The van der Waals surface area contributed by atoms with E-state index in [-0.39, 0.29) is 118 Å². The average molecular weight is 121 g/mol. The average Bonchev–Trinajstić information content (AvgIpc) is 0. The van der Waals surface area contributed by atoms with Crippen LogP contribution in [0, 0.1) is 0 Å². The van der Waals surface area contributed by atoms with E-state index < -0.39 is 0 Å². The van der Waals surface area contributed by atoms with Crippen molar-refractivity contribution in [3.63, 3.8) is 0 Å². The Morgan fingerprint density at radius 2 is 0.750 bits per heavy atom. The zero-order valence-electron chi connectivity index (χ0n) is 10.8. The van der Waals surface area contributed by atoms with Crippen LogP contribution in [0.5, 0.6) is 0 Å². The molecule has 0 heterocycles. The van der Waals surface area contributed by atoms with Crippen LogP contribution < -0.4 is 0 Å². The van der Waals surface area contributed by atoms with Gasteiger partial charge in [0.2, 0.25) is 0 Å². The second kappa shape index (κ2) is 16.0. The summed E-state index contributed by atoms with van der Waals surface area (Å²) in [5, 5.41) is 0. The van der Waals surface area contributed by atoms with Gasteiger partial charge >= 0.3 is 107 Å². The predicted octanol–water partition coefficient (Wildman–Crippen LogP) is -0.623. The van der Waals surface area contributed by atoms with Crippen LogP contribution in [-0.4, -0.2) is 107 Å². The molecule has 0 bridgehead atoms. The maximum atomic E-state index is 0. The molecule has 0 rings (SSSR count). The Hall–Kier alpha value is 3.56. The van der Waals surface area contributed by atoms with Crippen LogP contribution in [0.3, 0.4) is 0 Å². The van der Waals surface area contributed by atoms with Crippen molar-refractivity contribution >= 4 is 107 Å². The molecular weight excluding hydrogens is 113 g/mol. The molecule has 0 aromatic carbocycles. The first-order valence-electron chi connectivity index (χ1n) is 0. The summed E-state index contributed by atoms with van der Waals surface area (Å²) in [6, 6.07) is 0. The van der Waals surface area contributed by atoms with Crippen LogP contribution in [0.25, 0.3) is 0 Å². The molecular formula is H8CaMg3. The van der Waals surface area contributed by atoms with E-state index in [1.807, 2.05) is 0 Å². The molecule has 0 fully saturated rings. The number of hydrogen-bond acceptors (Lipinski definition) is 0. The van der Waals surface area contributed by atoms with Crippen molar-refractivity contribution in [2.45, 2.75) is 0 Å². The molecule has 0 spiro atoms. The van der Waals surface area contributed by atoms with Gasteiger partial charge in [-0.1, -0.05) is 0 Å². The summed E-state index contributed by atoms with van der Waals surface area (Å²) in [5.41, 5.74) is 0. The first kappa shape index (κ1) is 25.7. The molecule has 0 N–H and O–H groups in total. The van der Waals surface area contributed by atoms with Crippen LogP contribution in [0.15, 0.2) is 0 Å². The topological polar surface area (TPSA) is 0 Å². The maximum Gasteiger partial charge on any atom is 2.00 e. The van der Waals surface area contributed by atoms with Crippen molar-refractivity contribution in [1.29, 1.82) is 0 Å². The SMILES string of the molecule is [Ca+2].[H-].[H-].[H-].[H-].[H-].[H-].[H-].[H-].[Mg+2].[Mg+2].[Mg+2]. The third-order valence-electron chi connectivity index (χ3n) is 0. The van der Waals surface area contributed by atoms with Gasteiger partial charge in [-0.15, -0.1) is 0 Å². The molecule has 0 radical (unpaired) electrons. The molecule has 0 aromatic rings. The number of rotatable bonds is 0. The summed E-state index contributed by atoms with van der Waals surface area (Å²) in [6.07, 6.45) is 0. The second-order valence-electron chi connectivity index (χ2n) is 0. The maximum absolute atomic E-state index is 0. The fourth-order valence-corrected chi connectivity index (χ4v) is 0. The minimum Gasteiger partial charge on any atom is -1.00 e. The molecule has 4 heteroatoms. The van der Waals surface area contributed by atoms with E-state index in [1.165, 1.54) is 0 Å². The van der Waals surface area contributed by atoms with Crippen LogP contribution in [-0.2, 0) is 0 Å². The summed E-state index contributed by atoms with van der Waals surface area (Å²) in [5.74, 6) is 0. The molecule has 0 saturated heterocycles. The summed E-state index contributed by atoms with van der Waals surface area (Å²) < 4.78 is 0. The van der Waals surface area contributed by atoms with Gasteiger partial charge in [0, 0.05) is 0 Å². The molecule has 0 aromatic heterocycles. The van der Waals surface area contributed by atoms with Gasteiger partial charge < -0.3 is 11.4 Å². The van der Waals surface area contributed by atoms with Gasteiger partial charge in [-0.2, -0.15) is 0 Å². The zero-order valence-corrected chi connectivity index (χ0v) is 9.28. The van der Waals surface area contributed by atoms with Crippen molar-refractivity contribution in [2.24, 2.45) is 0 Å². The van der Waals surface area contributed by atoms with Gasteiger partial charge in [-0.3, -0.25) is 0 Å². The van der Waals surface area contributed by atoms with Gasteiger partial charge in [0.15, 0.2) is 0 Å². The summed E-state index contributed by atoms with van der Waals surface area (Å²) in [6.45, 7) is 0. The van der Waals surface area contributed by atoms with E-state index in [2.05, 4.69) is 0 Å². The summed E-state index contributed by atoms with van der Waals surface area (Å²) in [7, 11) is 0. The molecule has 0 aliphatic rings. The Balaban J connectivity index is 0. The zero-order chi connectivity index (χ0) is 0. The molecule has 4 heavy (non-hydrogen) atoms. The quantitative estimate of drug-likeness (QED) is 0.374. The standard InChI is InChI=1S/Ca.3Mg.8H/q4*+2;8*-1. The van der Waals surface area contributed by atoms with Gasteiger partial charge in [0.05, 0.1) is 0 Å². The molecule has 0 amide bonds. The Labute approximate surface area is 116 Å². The summed E-state index contributed by atoms with van der Waals surface area (Å²) >= 11 is 0. The van der Waals surface area contributed by atoms with Gasteiger partial charge in [-0.25, -0.2) is 0 Å². The Kier molecular flexibility index (Phi) is 103. The third kappa shape index (κ3) is 9.12. The fourth-order valence-electron chi connectivity index (χ4n) is 0. The fraction of sp³-hybridized carbons (Fsp3) is 0. The van der Waals surface area contributed by atoms with Crippen LogP contribution in [0.4, 0.5) is 0 Å². The van der Waals surface area contributed by atoms with Crippen LogP contribution in [0.1, 0.15) is 11.4 Å². The summed E-state index contributed by atoms with van der Waals surface area (Å²) in [4.78, 5) is 0. The Morgan fingerprint density at radius 1 is 0.750 bits per heavy atom. The van der Waals surface area contributed by atoms with E-state index >= 15 is 0 Å². The molecule has 0 saturated carbocycles. The van der Waals surface area contributed by atoms with Crippen molar-refractivity contribution in [3.05, 3.63) is 0 Å². The van der Waals surface area contributed by atoms with Gasteiger partial charge in [0.1, 0.15) is 0 Å². The molecule has 0 aliphatic carbocycles. The van der Waals surface area contributed by atoms with Crippen molar-refractivity contribution < 1.29 is 11.4 Å². The monoisotopic (exact) mass is 120 g/mol. The van der Waals surface area contributed by atoms with E-state index in [4.69, 9.17) is 0 Å².